The minimum Gasteiger partial charge on any atom is -0.396 e. The Morgan fingerprint density at radius 2 is 2.00 bits per heavy atom. The van der Waals surface area contributed by atoms with Crippen LogP contribution in [0.2, 0.25) is 0 Å². The standard InChI is InChI=1S/C9H4N4S/c10-2-6(3-11)1-8-9(13)7(4-12)5-14-8/h1,5H,13H2. The first kappa shape index (κ1) is 9.80. The minimum atomic E-state index is -0.0250. The Kier molecular flexibility index (Phi) is 2.86. The molecule has 1 rings (SSSR count). The van der Waals surface area contributed by atoms with Crippen LogP contribution < -0.4 is 5.73 Å². The van der Waals surface area contributed by atoms with E-state index in [9.17, 15) is 0 Å². The van der Waals surface area contributed by atoms with Gasteiger partial charge < -0.3 is 5.73 Å². The summed E-state index contributed by atoms with van der Waals surface area (Å²) in [6.45, 7) is 0. The highest BCUT2D eigenvalue weighted by Crippen LogP contribution is 2.26. The normalized spacial score (nSPS) is 8.07. The van der Waals surface area contributed by atoms with Crippen molar-refractivity contribution in [3.05, 3.63) is 21.4 Å². The van der Waals surface area contributed by atoms with Gasteiger partial charge in [0, 0.05) is 5.38 Å². The Balaban J connectivity index is 3.20. The van der Waals surface area contributed by atoms with Crippen molar-refractivity contribution in [2.45, 2.75) is 0 Å². The van der Waals surface area contributed by atoms with Gasteiger partial charge in [-0.15, -0.1) is 11.3 Å². The summed E-state index contributed by atoms with van der Waals surface area (Å²) >= 11 is 1.23. The summed E-state index contributed by atoms with van der Waals surface area (Å²) in [4.78, 5) is 0.569. The molecule has 0 aliphatic carbocycles. The van der Waals surface area contributed by atoms with Crippen molar-refractivity contribution in [3.63, 3.8) is 0 Å². The lowest BCUT2D eigenvalue weighted by atomic mass is 10.2. The summed E-state index contributed by atoms with van der Waals surface area (Å²) in [5.74, 6) is 0. The van der Waals surface area contributed by atoms with Crippen molar-refractivity contribution in [3.8, 4) is 18.2 Å². The van der Waals surface area contributed by atoms with Gasteiger partial charge in [0.05, 0.1) is 16.1 Å². The average Bonchev–Trinajstić information content (AvgIpc) is 2.56. The average molecular weight is 200 g/mol. The lowest BCUT2D eigenvalue weighted by molar-refractivity contribution is 1.47. The highest BCUT2D eigenvalue weighted by Gasteiger charge is 2.06. The van der Waals surface area contributed by atoms with E-state index in [1.165, 1.54) is 17.4 Å². The largest absolute Gasteiger partial charge is 0.396 e. The number of nitrogens with zero attached hydrogens (tertiary/aromatic N) is 3. The van der Waals surface area contributed by atoms with Gasteiger partial charge in [-0.25, -0.2) is 0 Å². The van der Waals surface area contributed by atoms with Crippen molar-refractivity contribution < 1.29 is 0 Å². The zero-order valence-corrected chi connectivity index (χ0v) is 7.80. The number of thiophene rings is 1. The molecule has 0 aliphatic heterocycles. The maximum atomic E-state index is 8.61. The van der Waals surface area contributed by atoms with Gasteiger partial charge in [0.2, 0.25) is 0 Å². The van der Waals surface area contributed by atoms with E-state index in [-0.39, 0.29) is 5.57 Å². The highest BCUT2D eigenvalue weighted by atomic mass is 32.1. The maximum absolute atomic E-state index is 8.61. The quantitative estimate of drug-likeness (QED) is 0.696. The third-order valence-electron chi connectivity index (χ3n) is 1.50. The van der Waals surface area contributed by atoms with Crippen molar-refractivity contribution in [2.24, 2.45) is 0 Å². The van der Waals surface area contributed by atoms with Gasteiger partial charge in [0.15, 0.2) is 0 Å². The maximum Gasteiger partial charge on any atom is 0.131 e. The Bertz CT molecular complexity index is 488. The topological polar surface area (TPSA) is 97.4 Å². The smallest absolute Gasteiger partial charge is 0.131 e. The van der Waals surface area contributed by atoms with Gasteiger partial charge >= 0.3 is 0 Å². The number of allylic oxidation sites excluding steroid dienone is 1. The van der Waals surface area contributed by atoms with Crippen LogP contribution in [0.5, 0.6) is 0 Å². The second kappa shape index (κ2) is 4.09. The van der Waals surface area contributed by atoms with E-state index in [0.29, 0.717) is 16.1 Å². The van der Waals surface area contributed by atoms with Crippen molar-refractivity contribution in [2.75, 3.05) is 5.73 Å². The lowest BCUT2D eigenvalue weighted by Gasteiger charge is -1.89. The van der Waals surface area contributed by atoms with Crippen molar-refractivity contribution >= 4 is 23.1 Å². The van der Waals surface area contributed by atoms with E-state index in [1.807, 2.05) is 6.07 Å². The van der Waals surface area contributed by atoms with E-state index in [0.717, 1.165) is 0 Å². The summed E-state index contributed by atoms with van der Waals surface area (Å²) in [6.07, 6.45) is 1.38. The zero-order chi connectivity index (χ0) is 10.6. The van der Waals surface area contributed by atoms with Gasteiger partial charge in [0.25, 0.3) is 0 Å². The molecule has 0 bridgehead atoms. The van der Waals surface area contributed by atoms with Crippen LogP contribution in [0.1, 0.15) is 10.4 Å². The molecule has 2 N–H and O–H groups in total. The van der Waals surface area contributed by atoms with Gasteiger partial charge in [-0.05, 0) is 6.08 Å². The molecule has 0 saturated heterocycles. The second-order valence-corrected chi connectivity index (χ2v) is 3.23. The third-order valence-corrected chi connectivity index (χ3v) is 2.44. The number of hydrogen-bond acceptors (Lipinski definition) is 5. The van der Waals surface area contributed by atoms with Crippen molar-refractivity contribution in [1.82, 2.24) is 0 Å². The Morgan fingerprint density at radius 1 is 1.36 bits per heavy atom. The van der Waals surface area contributed by atoms with Gasteiger partial charge in [-0.1, -0.05) is 0 Å². The van der Waals surface area contributed by atoms with E-state index in [1.54, 1.807) is 17.5 Å². The molecule has 4 nitrogen and oxygen atoms in total. The van der Waals surface area contributed by atoms with Gasteiger partial charge in [-0.3, -0.25) is 0 Å². The summed E-state index contributed by atoms with van der Waals surface area (Å²) < 4.78 is 0. The molecule has 14 heavy (non-hydrogen) atoms. The zero-order valence-electron chi connectivity index (χ0n) is 6.98. The molecule has 1 aromatic rings. The van der Waals surface area contributed by atoms with Crippen LogP contribution >= 0.6 is 11.3 Å². The highest BCUT2D eigenvalue weighted by molar-refractivity contribution is 7.11. The molecular formula is C9H4N4S. The first-order chi connectivity index (χ1) is 6.72. The number of nitrogen functional groups attached to an aromatic ring is 1. The summed E-state index contributed by atoms with van der Waals surface area (Å²) in [6, 6.07) is 5.36. The fourth-order valence-corrected chi connectivity index (χ4v) is 1.65. The van der Waals surface area contributed by atoms with Crippen LogP contribution in [0, 0.1) is 34.0 Å². The molecule has 0 aromatic carbocycles. The van der Waals surface area contributed by atoms with Crippen LogP contribution in [-0.4, -0.2) is 0 Å². The van der Waals surface area contributed by atoms with Crippen molar-refractivity contribution in [1.29, 1.82) is 15.8 Å². The van der Waals surface area contributed by atoms with Gasteiger partial charge in [-0.2, -0.15) is 15.8 Å². The molecule has 0 atom stereocenters. The predicted molar refractivity (Wildman–Crippen MR) is 52.6 cm³/mol. The summed E-state index contributed by atoms with van der Waals surface area (Å²) in [5, 5.41) is 27.2. The first-order valence-corrected chi connectivity index (χ1v) is 4.40. The van der Waals surface area contributed by atoms with Crippen LogP contribution in [-0.2, 0) is 0 Å². The monoisotopic (exact) mass is 200 g/mol. The molecule has 5 heteroatoms. The fourth-order valence-electron chi connectivity index (χ4n) is 0.801. The number of hydrogen-bond donors (Lipinski definition) is 1. The SMILES string of the molecule is N#CC(C#N)=Cc1scc(C#N)c1N. The van der Waals surface area contributed by atoms with Crippen LogP contribution in [0.4, 0.5) is 5.69 Å². The molecular weight excluding hydrogens is 196 g/mol. The molecule has 0 radical (unpaired) electrons. The number of nitriles is 3. The molecule has 1 aromatic heterocycles. The second-order valence-electron chi connectivity index (χ2n) is 2.32. The molecule has 0 unspecified atom stereocenters. The van der Waals surface area contributed by atoms with Gasteiger partial charge in [0.1, 0.15) is 23.8 Å². The van der Waals surface area contributed by atoms with E-state index < -0.39 is 0 Å². The number of anilines is 1. The Morgan fingerprint density at radius 3 is 2.43 bits per heavy atom. The van der Waals surface area contributed by atoms with Crippen LogP contribution in [0.15, 0.2) is 11.0 Å². The summed E-state index contributed by atoms with van der Waals surface area (Å²) in [7, 11) is 0. The van der Waals surface area contributed by atoms with Crippen LogP contribution in [0.3, 0.4) is 0 Å². The molecule has 1 heterocycles. The molecule has 0 aliphatic rings. The lowest BCUT2D eigenvalue weighted by Crippen LogP contribution is -1.87. The molecule has 0 saturated carbocycles. The predicted octanol–water partition coefficient (Wildman–Crippen LogP) is 1.63. The Labute approximate surface area is 84.7 Å². The minimum absolute atomic E-state index is 0.0250. The fraction of sp³-hybridized carbons (Fsp3) is 0. The molecule has 0 amide bonds. The molecule has 0 fully saturated rings. The number of nitrogens with two attached hydrogens (primary N) is 1. The number of rotatable bonds is 1. The first-order valence-electron chi connectivity index (χ1n) is 3.52. The molecule has 66 valence electrons. The van der Waals surface area contributed by atoms with E-state index in [2.05, 4.69) is 0 Å². The summed E-state index contributed by atoms with van der Waals surface area (Å²) in [5.41, 5.74) is 6.26. The molecule has 0 spiro atoms. The van der Waals surface area contributed by atoms with E-state index >= 15 is 0 Å². The van der Waals surface area contributed by atoms with E-state index in [4.69, 9.17) is 21.5 Å². The van der Waals surface area contributed by atoms with Crippen LogP contribution in [0.25, 0.3) is 6.08 Å². The Hall–Kier alpha value is -2.29. The third kappa shape index (κ3) is 1.72.